The van der Waals surface area contributed by atoms with Gasteiger partial charge in [0.1, 0.15) is 11.4 Å². The highest BCUT2D eigenvalue weighted by Crippen LogP contribution is 2.23. The Bertz CT molecular complexity index is 735. The van der Waals surface area contributed by atoms with Gasteiger partial charge in [0.15, 0.2) is 0 Å². The third-order valence-corrected chi connectivity index (χ3v) is 3.93. The lowest BCUT2D eigenvalue weighted by molar-refractivity contribution is -0.148. The van der Waals surface area contributed by atoms with E-state index in [1.54, 1.807) is 6.08 Å². The van der Waals surface area contributed by atoms with Gasteiger partial charge in [-0.25, -0.2) is 4.79 Å². The summed E-state index contributed by atoms with van der Waals surface area (Å²) < 4.78 is 11.0. The van der Waals surface area contributed by atoms with Gasteiger partial charge in [0.2, 0.25) is 0 Å². The van der Waals surface area contributed by atoms with Gasteiger partial charge in [-0.05, 0) is 62.1 Å². The van der Waals surface area contributed by atoms with Crippen LogP contribution in [0.25, 0.3) is 17.2 Å². The van der Waals surface area contributed by atoms with Gasteiger partial charge < -0.3 is 9.47 Å². The number of rotatable bonds is 8. The van der Waals surface area contributed by atoms with E-state index in [2.05, 4.69) is 19.1 Å². The number of carbonyl (C=O) groups excluding carboxylic acids is 1. The van der Waals surface area contributed by atoms with E-state index in [0.717, 1.165) is 35.5 Å². The van der Waals surface area contributed by atoms with Crippen LogP contribution in [0.2, 0.25) is 0 Å². The van der Waals surface area contributed by atoms with Crippen molar-refractivity contribution >= 4 is 12.0 Å². The van der Waals surface area contributed by atoms with Crippen molar-refractivity contribution in [3.8, 4) is 16.9 Å². The van der Waals surface area contributed by atoms with E-state index in [4.69, 9.17) is 9.47 Å². The summed E-state index contributed by atoms with van der Waals surface area (Å²) >= 11 is 0. The third kappa shape index (κ3) is 7.69. The largest absolute Gasteiger partial charge is 0.494 e. The average molecular weight is 367 g/mol. The van der Waals surface area contributed by atoms with E-state index < -0.39 is 5.60 Å². The summed E-state index contributed by atoms with van der Waals surface area (Å²) in [6, 6.07) is 16.2. The van der Waals surface area contributed by atoms with Crippen molar-refractivity contribution in [2.75, 3.05) is 6.61 Å². The molecular formula is C24H30O3. The minimum absolute atomic E-state index is 0.332. The highest BCUT2D eigenvalue weighted by atomic mass is 16.6. The molecule has 0 aromatic heterocycles. The fourth-order valence-corrected chi connectivity index (χ4v) is 2.57. The summed E-state index contributed by atoms with van der Waals surface area (Å²) in [6.07, 6.45) is 6.73. The van der Waals surface area contributed by atoms with Gasteiger partial charge in [-0.3, -0.25) is 0 Å². The molecule has 144 valence electrons. The Kier molecular flexibility index (Phi) is 7.66. The van der Waals surface area contributed by atoms with Crippen LogP contribution in [0, 0.1) is 0 Å². The topological polar surface area (TPSA) is 35.5 Å². The molecule has 2 aromatic rings. The number of carbonyl (C=O) groups is 1. The number of benzene rings is 2. The third-order valence-electron chi connectivity index (χ3n) is 3.93. The second kappa shape index (κ2) is 9.96. The highest BCUT2D eigenvalue weighted by Gasteiger charge is 2.13. The number of esters is 1. The van der Waals surface area contributed by atoms with Crippen molar-refractivity contribution < 1.29 is 14.3 Å². The molecule has 27 heavy (non-hydrogen) atoms. The molecule has 0 heterocycles. The Morgan fingerprint density at radius 3 is 2.07 bits per heavy atom. The second-order valence-electron chi connectivity index (χ2n) is 7.57. The number of hydrogen-bond acceptors (Lipinski definition) is 3. The maximum atomic E-state index is 11.7. The zero-order valence-electron chi connectivity index (χ0n) is 16.8. The number of unbranched alkanes of at least 4 members (excludes halogenated alkanes) is 2. The summed E-state index contributed by atoms with van der Waals surface area (Å²) in [5.74, 6) is 0.577. The molecule has 3 nitrogen and oxygen atoms in total. The molecule has 0 fully saturated rings. The van der Waals surface area contributed by atoms with Gasteiger partial charge >= 0.3 is 5.97 Å². The molecule has 0 bridgehead atoms. The van der Waals surface area contributed by atoms with E-state index >= 15 is 0 Å². The summed E-state index contributed by atoms with van der Waals surface area (Å²) in [5.41, 5.74) is 2.75. The van der Waals surface area contributed by atoms with E-state index in [1.165, 1.54) is 18.9 Å². The Labute approximate surface area is 163 Å². The van der Waals surface area contributed by atoms with Crippen LogP contribution in [-0.2, 0) is 9.53 Å². The SMILES string of the molecule is CCCCCOc1ccc(-c2ccc(C=CC(=O)OC(C)(C)C)cc2)cc1. The quantitative estimate of drug-likeness (QED) is 0.313. The normalized spacial score (nSPS) is 11.6. The molecule has 0 spiro atoms. The smallest absolute Gasteiger partial charge is 0.331 e. The number of hydrogen-bond donors (Lipinski definition) is 0. The summed E-state index contributed by atoms with van der Waals surface area (Å²) in [5, 5.41) is 0. The van der Waals surface area contributed by atoms with E-state index in [0.29, 0.717) is 0 Å². The van der Waals surface area contributed by atoms with Crippen LogP contribution in [0.15, 0.2) is 54.6 Å². The lowest BCUT2D eigenvalue weighted by Gasteiger charge is -2.17. The fraction of sp³-hybridized carbons (Fsp3) is 0.375. The van der Waals surface area contributed by atoms with Crippen molar-refractivity contribution in [1.29, 1.82) is 0 Å². The lowest BCUT2D eigenvalue weighted by Crippen LogP contribution is -2.22. The molecule has 0 N–H and O–H groups in total. The van der Waals surface area contributed by atoms with Crippen LogP contribution in [0.3, 0.4) is 0 Å². The van der Waals surface area contributed by atoms with Crippen molar-refractivity contribution in [3.05, 3.63) is 60.2 Å². The van der Waals surface area contributed by atoms with Crippen molar-refractivity contribution in [2.24, 2.45) is 0 Å². The molecule has 0 aliphatic rings. The predicted octanol–water partition coefficient (Wildman–Crippen LogP) is 6.28. The van der Waals surface area contributed by atoms with Crippen LogP contribution in [0.1, 0.15) is 52.5 Å². The molecule has 0 saturated heterocycles. The molecule has 0 unspecified atom stereocenters. The van der Waals surface area contributed by atoms with Gasteiger partial charge in [-0.15, -0.1) is 0 Å². The van der Waals surface area contributed by atoms with Crippen molar-refractivity contribution in [2.45, 2.75) is 52.6 Å². The maximum absolute atomic E-state index is 11.7. The summed E-state index contributed by atoms with van der Waals surface area (Å²) in [4.78, 5) is 11.7. The fourth-order valence-electron chi connectivity index (χ4n) is 2.57. The predicted molar refractivity (Wildman–Crippen MR) is 112 cm³/mol. The van der Waals surface area contributed by atoms with Gasteiger partial charge in [-0.1, -0.05) is 56.2 Å². The van der Waals surface area contributed by atoms with Gasteiger partial charge in [0, 0.05) is 6.08 Å². The van der Waals surface area contributed by atoms with Gasteiger partial charge in [0.05, 0.1) is 6.61 Å². The second-order valence-corrected chi connectivity index (χ2v) is 7.57. The first kappa shape index (κ1) is 20.8. The van der Waals surface area contributed by atoms with Crippen LogP contribution in [0.4, 0.5) is 0 Å². The summed E-state index contributed by atoms with van der Waals surface area (Å²) in [6.45, 7) is 8.53. The Balaban J connectivity index is 1.93. The maximum Gasteiger partial charge on any atom is 0.331 e. The molecule has 0 amide bonds. The average Bonchev–Trinajstić information content (AvgIpc) is 2.63. The lowest BCUT2D eigenvalue weighted by atomic mass is 10.0. The molecule has 0 aliphatic carbocycles. The van der Waals surface area contributed by atoms with Crippen LogP contribution < -0.4 is 4.74 Å². The first-order valence-electron chi connectivity index (χ1n) is 9.62. The first-order valence-corrected chi connectivity index (χ1v) is 9.62. The molecule has 0 aliphatic heterocycles. The first-order chi connectivity index (χ1) is 12.9. The molecule has 3 heteroatoms. The summed E-state index contributed by atoms with van der Waals surface area (Å²) in [7, 11) is 0. The van der Waals surface area contributed by atoms with Crippen LogP contribution >= 0.6 is 0 Å². The zero-order valence-corrected chi connectivity index (χ0v) is 16.8. The highest BCUT2D eigenvalue weighted by molar-refractivity contribution is 5.87. The Hall–Kier alpha value is -2.55. The minimum atomic E-state index is -0.475. The van der Waals surface area contributed by atoms with Gasteiger partial charge in [0.25, 0.3) is 0 Å². The molecule has 0 atom stereocenters. The monoisotopic (exact) mass is 366 g/mol. The van der Waals surface area contributed by atoms with Crippen LogP contribution in [-0.4, -0.2) is 18.2 Å². The van der Waals surface area contributed by atoms with Gasteiger partial charge in [-0.2, -0.15) is 0 Å². The van der Waals surface area contributed by atoms with E-state index in [9.17, 15) is 4.79 Å². The molecule has 0 saturated carbocycles. The molecule has 2 rings (SSSR count). The zero-order chi connectivity index (χ0) is 19.7. The van der Waals surface area contributed by atoms with Crippen molar-refractivity contribution in [1.82, 2.24) is 0 Å². The standard InChI is InChI=1S/C24H30O3/c1-5-6-7-18-26-22-15-13-21(14-16-22)20-11-8-19(9-12-20)10-17-23(25)27-24(2,3)4/h8-17H,5-7,18H2,1-4H3. The molecule has 0 radical (unpaired) electrons. The molecule has 2 aromatic carbocycles. The number of ether oxygens (including phenoxy) is 2. The van der Waals surface area contributed by atoms with E-state index in [1.807, 2.05) is 57.2 Å². The van der Waals surface area contributed by atoms with Crippen LogP contribution in [0.5, 0.6) is 5.75 Å². The minimum Gasteiger partial charge on any atom is -0.494 e. The molecular weight excluding hydrogens is 336 g/mol. The van der Waals surface area contributed by atoms with E-state index in [-0.39, 0.29) is 5.97 Å². The van der Waals surface area contributed by atoms with Crippen molar-refractivity contribution in [3.63, 3.8) is 0 Å². The Morgan fingerprint density at radius 1 is 0.926 bits per heavy atom. The Morgan fingerprint density at radius 2 is 1.52 bits per heavy atom.